The number of nitrogens with zero attached hydrogens (tertiary/aromatic N) is 2. The molecule has 0 spiro atoms. The topological polar surface area (TPSA) is 102 Å². The van der Waals surface area contributed by atoms with Crippen molar-refractivity contribution in [1.82, 2.24) is 4.58 Å². The van der Waals surface area contributed by atoms with Crippen LogP contribution in [0.4, 0.5) is 17.1 Å². The quantitative estimate of drug-likeness (QED) is 0.515. The maximum absolute atomic E-state index is 14.0. The normalized spacial score (nSPS) is 27.2. The third-order valence-corrected chi connectivity index (χ3v) is 10.1. The molecule has 2 aromatic carbocycles. The maximum Gasteiger partial charge on any atom is 0.221 e. The van der Waals surface area contributed by atoms with Crippen LogP contribution in [0.1, 0.15) is 78.0 Å². The summed E-state index contributed by atoms with van der Waals surface area (Å²) in [4.78, 5) is 40.5. The van der Waals surface area contributed by atoms with Crippen molar-refractivity contribution in [3.8, 4) is 0 Å². The van der Waals surface area contributed by atoms with Gasteiger partial charge in [-0.15, -0.1) is 0 Å². The second-order valence-electron chi connectivity index (χ2n) is 13.0. The number of carbonyl (C=O) groups is 3. The van der Waals surface area contributed by atoms with Crippen LogP contribution in [0.2, 0.25) is 0 Å². The van der Waals surface area contributed by atoms with Crippen LogP contribution >= 0.6 is 0 Å². The van der Waals surface area contributed by atoms with Crippen molar-refractivity contribution in [3.05, 3.63) is 51.5 Å². The molecule has 0 bridgehead atoms. The van der Waals surface area contributed by atoms with Crippen molar-refractivity contribution >= 4 is 40.2 Å². The van der Waals surface area contributed by atoms with Crippen LogP contribution < -0.4 is 30.7 Å². The summed E-state index contributed by atoms with van der Waals surface area (Å²) in [6.07, 6.45) is -1.09. The number of amides is 2. The Morgan fingerprint density at radius 3 is 2.10 bits per heavy atom. The molecule has 8 heteroatoms. The van der Waals surface area contributed by atoms with E-state index in [1.165, 1.54) is 13.8 Å². The number of anilines is 3. The zero-order valence-electron chi connectivity index (χ0n) is 25.2. The van der Waals surface area contributed by atoms with Crippen LogP contribution in [0.5, 0.6) is 0 Å². The fourth-order valence-corrected chi connectivity index (χ4v) is 6.85. The van der Waals surface area contributed by atoms with Gasteiger partial charge in [-0.2, -0.15) is 0 Å². The zero-order chi connectivity index (χ0) is 29.6. The number of hydrogen-bond donors (Lipinski definition) is 3. The Kier molecular flexibility index (Phi) is 6.30. The van der Waals surface area contributed by atoms with E-state index in [1.807, 2.05) is 38.4 Å². The Balaban J connectivity index is 1.70. The Labute approximate surface area is 235 Å². The number of fused-ring (bicyclic) bond motifs is 2. The van der Waals surface area contributed by atoms with Gasteiger partial charge in [0, 0.05) is 66.1 Å². The molecule has 212 valence electrons. The molecule has 3 aliphatic rings. The van der Waals surface area contributed by atoms with Crippen molar-refractivity contribution in [2.45, 2.75) is 90.3 Å². The van der Waals surface area contributed by atoms with Gasteiger partial charge in [0.25, 0.3) is 0 Å². The number of carbonyl (C=O) groups excluding carboxylic acids is 3. The van der Waals surface area contributed by atoms with Gasteiger partial charge in [0.1, 0.15) is 7.05 Å². The van der Waals surface area contributed by atoms with Crippen molar-refractivity contribution in [3.63, 3.8) is 0 Å². The molecule has 0 radical (unpaired) electrons. The Morgan fingerprint density at radius 2 is 1.52 bits per heavy atom. The third kappa shape index (κ3) is 3.83. The van der Waals surface area contributed by atoms with E-state index < -0.39 is 12.0 Å². The first-order valence-corrected chi connectivity index (χ1v) is 14.0. The number of hydrogen-bond acceptors (Lipinski definition) is 5. The smallest absolute Gasteiger partial charge is 0.221 e. The molecule has 2 heterocycles. The average molecular weight is 546 g/mol. The first-order valence-electron chi connectivity index (χ1n) is 14.0. The van der Waals surface area contributed by atoms with Gasteiger partial charge in [-0.3, -0.25) is 14.4 Å². The lowest BCUT2D eigenvalue weighted by atomic mass is 9.68. The van der Waals surface area contributed by atoms with E-state index >= 15 is 0 Å². The van der Waals surface area contributed by atoms with Gasteiger partial charge < -0.3 is 20.6 Å². The third-order valence-electron chi connectivity index (χ3n) is 10.1. The van der Waals surface area contributed by atoms with E-state index in [0.717, 1.165) is 22.2 Å². The molecule has 1 saturated carbocycles. The second kappa shape index (κ2) is 8.99. The van der Waals surface area contributed by atoms with Crippen LogP contribution in [0.15, 0.2) is 24.3 Å². The summed E-state index contributed by atoms with van der Waals surface area (Å²) in [7, 11) is 4.06. The minimum Gasteiger partial charge on any atom is -0.387 e. The van der Waals surface area contributed by atoms with Crippen molar-refractivity contribution in [2.24, 2.45) is 0 Å². The van der Waals surface area contributed by atoms with Crippen molar-refractivity contribution < 1.29 is 19.5 Å². The Hall–Kier alpha value is -3.52. The van der Waals surface area contributed by atoms with Crippen LogP contribution in [0, 0.1) is 0 Å². The standard InChI is InChI=1S/C32H40N4O4/c1-15-31(5,6)21-11-19(23(33-17(3)37)13-25(21)35(15)9)27-29(39)28(30(27)40)20-12-22-26(14-24(20)34-18(4)38)36(10)16(2)32(22,7)8/h11-16,27,29,39H,1-10H3,(H,33,37)/p+1. The van der Waals surface area contributed by atoms with Gasteiger partial charge in [-0.05, 0) is 51.0 Å². The van der Waals surface area contributed by atoms with E-state index in [2.05, 4.69) is 61.7 Å². The highest BCUT2D eigenvalue weighted by Crippen LogP contribution is 2.50. The summed E-state index contributed by atoms with van der Waals surface area (Å²) in [6, 6.07) is 8.20. The fraction of sp³-hybridized carbons (Fsp3) is 0.500. The van der Waals surface area contributed by atoms with Gasteiger partial charge in [0.2, 0.25) is 17.2 Å². The Morgan fingerprint density at radius 1 is 0.925 bits per heavy atom. The number of benzene rings is 2. The number of Topliss-reactive ketones (excluding diaryl/α,β-unsaturated/α-hetero) is 1. The van der Waals surface area contributed by atoms with Crippen LogP contribution in [-0.4, -0.2) is 55.0 Å². The number of aliphatic hydroxyl groups excluding tert-OH is 1. The second-order valence-corrected chi connectivity index (χ2v) is 13.0. The van der Waals surface area contributed by atoms with E-state index in [4.69, 9.17) is 0 Å². The first-order chi connectivity index (χ1) is 18.5. The van der Waals surface area contributed by atoms with Crippen molar-refractivity contribution in [1.29, 1.82) is 0 Å². The molecular formula is C32H41N4O4+. The molecule has 1 fully saturated rings. The lowest BCUT2D eigenvalue weighted by Gasteiger charge is -2.36. The molecule has 4 unspecified atom stereocenters. The largest absolute Gasteiger partial charge is 0.387 e. The number of nitrogens with one attached hydrogen (secondary N) is 2. The summed E-state index contributed by atoms with van der Waals surface area (Å²) in [5.74, 6) is -1.53. The van der Waals surface area contributed by atoms with Gasteiger partial charge in [-0.1, -0.05) is 19.9 Å². The average Bonchev–Trinajstić information content (AvgIpc) is 3.13. The summed E-state index contributed by atoms with van der Waals surface area (Å²) < 4.78 is 2.18. The van der Waals surface area contributed by atoms with Crippen LogP contribution in [0.25, 0.3) is 5.57 Å². The van der Waals surface area contributed by atoms with E-state index in [0.29, 0.717) is 22.2 Å². The summed E-state index contributed by atoms with van der Waals surface area (Å²) in [5.41, 5.74) is 4.71. The summed E-state index contributed by atoms with van der Waals surface area (Å²) >= 11 is 0. The molecule has 1 aliphatic carbocycles. The molecule has 2 aromatic rings. The van der Waals surface area contributed by atoms with Gasteiger partial charge >= 0.3 is 0 Å². The van der Waals surface area contributed by atoms with Gasteiger partial charge in [-0.25, -0.2) is 4.58 Å². The van der Waals surface area contributed by atoms with E-state index in [9.17, 15) is 19.5 Å². The van der Waals surface area contributed by atoms with E-state index in [1.54, 1.807) is 0 Å². The van der Waals surface area contributed by atoms with Crippen molar-refractivity contribution in [2.75, 3.05) is 29.6 Å². The van der Waals surface area contributed by atoms with Crippen LogP contribution in [0.3, 0.4) is 0 Å². The highest BCUT2D eigenvalue weighted by atomic mass is 16.3. The lowest BCUT2D eigenvalue weighted by molar-refractivity contribution is -0.122. The minimum atomic E-state index is -1.09. The first kappa shape index (κ1) is 28.0. The molecule has 0 saturated heterocycles. The predicted molar refractivity (Wildman–Crippen MR) is 158 cm³/mol. The predicted octanol–water partition coefficient (Wildman–Crippen LogP) is 2.40. The summed E-state index contributed by atoms with van der Waals surface area (Å²) in [6.45, 7) is 15.9. The lowest BCUT2D eigenvalue weighted by Crippen LogP contribution is -2.46. The number of rotatable bonds is 3. The zero-order valence-corrected chi connectivity index (χ0v) is 25.2. The molecule has 2 amide bonds. The number of likely N-dealkylation sites (N-methyl/N-ethyl adjacent to an activating group) is 2. The molecule has 4 atom stereocenters. The van der Waals surface area contributed by atoms with E-state index in [-0.39, 0.29) is 46.1 Å². The molecular weight excluding hydrogens is 504 g/mol. The molecule has 40 heavy (non-hydrogen) atoms. The SMILES string of the molecule is CC(=O)Nc1cc2c(cc1C1C(=O)C(=c3cc4c(cc3NC(C)=O)=[N+](C)C(C)C4(C)C)C1O)C(C)(C)C(C)N2C. The van der Waals surface area contributed by atoms with Crippen LogP contribution in [-0.2, 0) is 25.2 Å². The van der Waals surface area contributed by atoms with Gasteiger partial charge in [0.05, 0.1) is 23.1 Å². The fourth-order valence-electron chi connectivity index (χ4n) is 6.85. The highest BCUT2D eigenvalue weighted by molar-refractivity contribution is 6.28. The minimum absolute atomic E-state index is 0.190. The molecule has 2 aliphatic heterocycles. The number of aliphatic hydroxyl groups is 1. The summed E-state index contributed by atoms with van der Waals surface area (Å²) in [5, 5.41) is 19.0. The Bertz CT molecular complexity index is 1620. The van der Waals surface area contributed by atoms with Gasteiger partial charge in [0.15, 0.2) is 11.8 Å². The molecule has 0 aromatic heterocycles. The molecule has 5 rings (SSSR count). The molecule has 8 nitrogen and oxygen atoms in total. The molecule has 3 N–H and O–H groups in total. The number of ketones is 1. The maximum atomic E-state index is 14.0. The highest BCUT2D eigenvalue weighted by Gasteiger charge is 2.50. The monoisotopic (exact) mass is 545 g/mol.